The number of ether oxygens (including phenoxy) is 1. The van der Waals surface area contributed by atoms with Crippen LogP contribution in [0.5, 0.6) is 5.75 Å². The van der Waals surface area contributed by atoms with Crippen LogP contribution in [-0.2, 0) is 6.54 Å². The van der Waals surface area contributed by atoms with Gasteiger partial charge in [-0.3, -0.25) is 19.9 Å². The summed E-state index contributed by atoms with van der Waals surface area (Å²) in [6.07, 6.45) is 7.55. The van der Waals surface area contributed by atoms with Crippen molar-refractivity contribution < 1.29 is 4.74 Å². The summed E-state index contributed by atoms with van der Waals surface area (Å²) in [5.74, 6) is 0.324. The summed E-state index contributed by atoms with van der Waals surface area (Å²) in [7, 11) is 1.53. The molecule has 1 aromatic carbocycles. The number of methoxy groups -OCH3 is 1. The molecule has 2 aliphatic heterocycles. The smallest absolute Gasteiger partial charge is 0.251 e. The van der Waals surface area contributed by atoms with Gasteiger partial charge in [0.1, 0.15) is 0 Å². The molecule has 1 N–H and O–H groups in total. The molecule has 7 heteroatoms. The van der Waals surface area contributed by atoms with Gasteiger partial charge in [-0.15, -0.1) is 0 Å². The maximum absolute atomic E-state index is 12.8. The van der Waals surface area contributed by atoms with Gasteiger partial charge in [0.15, 0.2) is 11.4 Å². The lowest BCUT2D eigenvalue weighted by Gasteiger charge is -2.26. The first-order valence-electron chi connectivity index (χ1n) is 9.92. The maximum atomic E-state index is 12.8. The Bertz CT molecular complexity index is 887. The lowest BCUT2D eigenvalue weighted by atomic mass is 10.1. The highest BCUT2D eigenvalue weighted by Crippen LogP contribution is 2.20. The molecule has 0 amide bonds. The van der Waals surface area contributed by atoms with Gasteiger partial charge < -0.3 is 9.64 Å². The van der Waals surface area contributed by atoms with E-state index in [0.29, 0.717) is 18.0 Å². The van der Waals surface area contributed by atoms with Crippen molar-refractivity contribution in [3.8, 4) is 5.75 Å². The van der Waals surface area contributed by atoms with Crippen LogP contribution in [0.2, 0.25) is 0 Å². The Labute approximate surface area is 165 Å². The van der Waals surface area contributed by atoms with E-state index in [4.69, 9.17) is 4.74 Å². The highest BCUT2D eigenvalue weighted by molar-refractivity contribution is 5.68. The van der Waals surface area contributed by atoms with Crippen LogP contribution in [0.3, 0.4) is 0 Å². The van der Waals surface area contributed by atoms with E-state index in [9.17, 15) is 4.79 Å². The second kappa shape index (κ2) is 8.48. The zero-order chi connectivity index (χ0) is 19.3. The van der Waals surface area contributed by atoms with Crippen molar-refractivity contribution in [3.05, 3.63) is 58.5 Å². The van der Waals surface area contributed by atoms with E-state index in [2.05, 4.69) is 15.4 Å². The van der Waals surface area contributed by atoms with Crippen LogP contribution in [-0.4, -0.2) is 48.0 Å². The van der Waals surface area contributed by atoms with E-state index in [1.807, 2.05) is 46.1 Å². The van der Waals surface area contributed by atoms with Crippen LogP contribution >= 0.6 is 0 Å². The van der Waals surface area contributed by atoms with Crippen LogP contribution in [0.25, 0.3) is 5.70 Å². The fraction of sp³-hybridized carbons (Fsp3) is 0.429. The van der Waals surface area contributed by atoms with Crippen molar-refractivity contribution in [1.29, 1.82) is 0 Å². The minimum Gasteiger partial charge on any atom is -0.491 e. The molecule has 2 aliphatic rings. The predicted octanol–water partition coefficient (Wildman–Crippen LogP) is 2.10. The first-order chi connectivity index (χ1) is 13.7. The average Bonchev–Trinajstić information content (AvgIpc) is 3.24. The Balaban J connectivity index is 1.52. The second-order valence-corrected chi connectivity index (χ2v) is 7.22. The topological polar surface area (TPSA) is 62.6 Å². The molecule has 0 saturated carbocycles. The van der Waals surface area contributed by atoms with Gasteiger partial charge in [0.05, 0.1) is 37.8 Å². The van der Waals surface area contributed by atoms with E-state index in [0.717, 1.165) is 37.6 Å². The van der Waals surface area contributed by atoms with Crippen LogP contribution in [0.4, 0.5) is 5.69 Å². The van der Waals surface area contributed by atoms with Gasteiger partial charge in [0.2, 0.25) is 0 Å². The monoisotopic (exact) mass is 381 g/mol. The van der Waals surface area contributed by atoms with Crippen molar-refractivity contribution in [2.45, 2.75) is 25.8 Å². The molecule has 4 rings (SSSR count). The molecule has 1 fully saturated rings. The molecule has 7 nitrogen and oxygen atoms in total. The highest BCUT2D eigenvalue weighted by atomic mass is 16.5. The lowest BCUT2D eigenvalue weighted by molar-refractivity contribution is 0.217. The van der Waals surface area contributed by atoms with Crippen LogP contribution < -0.4 is 20.6 Å². The molecule has 0 spiro atoms. The minimum absolute atomic E-state index is 0.189. The van der Waals surface area contributed by atoms with E-state index < -0.39 is 0 Å². The number of benzene rings is 1. The van der Waals surface area contributed by atoms with Crippen LogP contribution in [0.15, 0.2) is 47.4 Å². The minimum atomic E-state index is -0.189. The molecule has 0 unspecified atom stereocenters. The van der Waals surface area contributed by atoms with Gasteiger partial charge in [-0.05, 0) is 44.1 Å². The zero-order valence-corrected chi connectivity index (χ0v) is 16.3. The van der Waals surface area contributed by atoms with E-state index in [1.54, 1.807) is 6.20 Å². The Morgan fingerprint density at radius 1 is 1.11 bits per heavy atom. The number of aromatic nitrogens is 2. The van der Waals surface area contributed by atoms with Crippen molar-refractivity contribution in [2.75, 3.05) is 38.3 Å². The Morgan fingerprint density at radius 2 is 1.89 bits per heavy atom. The first-order valence-corrected chi connectivity index (χ1v) is 9.92. The van der Waals surface area contributed by atoms with Gasteiger partial charge in [-0.25, -0.2) is 0 Å². The van der Waals surface area contributed by atoms with Crippen molar-refractivity contribution in [3.63, 3.8) is 0 Å². The fourth-order valence-electron chi connectivity index (χ4n) is 3.72. The summed E-state index contributed by atoms with van der Waals surface area (Å²) in [5, 5.41) is 6.61. The number of hydrazine groups is 1. The number of para-hydroxylation sites is 1. The van der Waals surface area contributed by atoms with Gasteiger partial charge in [0, 0.05) is 6.54 Å². The van der Waals surface area contributed by atoms with Gasteiger partial charge in [0.25, 0.3) is 5.43 Å². The quantitative estimate of drug-likeness (QED) is 0.827. The Morgan fingerprint density at radius 3 is 2.64 bits per heavy atom. The first kappa shape index (κ1) is 18.6. The standard InChI is InChI=1S/C21H27N5O2/c1-28-19-16-25(15-14-24-11-6-3-7-12-24)23-20(21(19)27)18-10-13-26(22-18)17-8-4-2-5-9-17/h2,4-5,8-10,16,22H,3,6-7,11-15H2,1H3. The number of nitrogens with zero attached hydrogens (tertiary/aromatic N) is 4. The molecular weight excluding hydrogens is 354 g/mol. The Hall–Kier alpha value is -2.80. The van der Waals surface area contributed by atoms with Gasteiger partial charge in [-0.1, -0.05) is 24.6 Å². The normalized spacial score (nSPS) is 17.3. The molecule has 1 saturated heterocycles. The molecule has 3 heterocycles. The second-order valence-electron chi connectivity index (χ2n) is 7.22. The van der Waals surface area contributed by atoms with Gasteiger partial charge >= 0.3 is 0 Å². The third-order valence-corrected chi connectivity index (χ3v) is 5.30. The number of piperidine rings is 1. The molecule has 1 aromatic heterocycles. The number of nitrogens with one attached hydrogen (secondary N) is 1. The predicted molar refractivity (Wildman–Crippen MR) is 110 cm³/mol. The van der Waals surface area contributed by atoms with Crippen molar-refractivity contribution in [1.82, 2.24) is 20.1 Å². The largest absolute Gasteiger partial charge is 0.491 e. The molecule has 0 radical (unpaired) electrons. The number of rotatable bonds is 6. The number of likely N-dealkylation sites (tertiary alicyclic amines) is 1. The zero-order valence-electron chi connectivity index (χ0n) is 16.3. The molecule has 0 bridgehead atoms. The summed E-state index contributed by atoms with van der Waals surface area (Å²) < 4.78 is 7.16. The fourth-order valence-corrected chi connectivity index (χ4v) is 3.72. The molecule has 148 valence electrons. The van der Waals surface area contributed by atoms with Crippen LogP contribution in [0.1, 0.15) is 25.0 Å². The van der Waals surface area contributed by atoms with E-state index >= 15 is 0 Å². The summed E-state index contributed by atoms with van der Waals surface area (Å²) in [5.41, 5.74) is 5.28. The summed E-state index contributed by atoms with van der Waals surface area (Å²) in [6.45, 7) is 4.62. The van der Waals surface area contributed by atoms with Crippen LogP contribution in [0, 0.1) is 0 Å². The molecule has 0 atom stereocenters. The third-order valence-electron chi connectivity index (χ3n) is 5.30. The van der Waals surface area contributed by atoms with Crippen molar-refractivity contribution >= 4 is 11.4 Å². The van der Waals surface area contributed by atoms with E-state index in [-0.39, 0.29) is 5.43 Å². The number of hydrogen-bond donors (Lipinski definition) is 1. The number of hydrogen-bond acceptors (Lipinski definition) is 6. The average molecular weight is 381 g/mol. The molecular formula is C21H27N5O2. The van der Waals surface area contributed by atoms with Crippen molar-refractivity contribution in [2.24, 2.45) is 0 Å². The molecule has 0 aliphatic carbocycles. The van der Waals surface area contributed by atoms with E-state index in [1.165, 1.54) is 26.4 Å². The Kier molecular flexibility index (Phi) is 5.62. The number of anilines is 1. The molecule has 2 aromatic rings. The summed E-state index contributed by atoms with van der Waals surface area (Å²) >= 11 is 0. The van der Waals surface area contributed by atoms with Gasteiger partial charge in [-0.2, -0.15) is 5.10 Å². The third kappa shape index (κ3) is 4.04. The molecule has 28 heavy (non-hydrogen) atoms. The SMILES string of the molecule is COc1cn(CCN2CCCCC2)nc(C2=CCN(c3ccccc3)N2)c1=O. The lowest BCUT2D eigenvalue weighted by Crippen LogP contribution is -2.34. The summed E-state index contributed by atoms with van der Waals surface area (Å²) in [4.78, 5) is 15.2. The maximum Gasteiger partial charge on any atom is 0.251 e. The summed E-state index contributed by atoms with van der Waals surface area (Å²) in [6, 6.07) is 10.0. The highest BCUT2D eigenvalue weighted by Gasteiger charge is 2.21.